The number of carboxylic acid groups (broad SMARTS) is 1. The summed E-state index contributed by atoms with van der Waals surface area (Å²) in [5, 5.41) is 14.9. The Morgan fingerprint density at radius 1 is 1.16 bits per heavy atom. The van der Waals surface area contributed by atoms with Crippen molar-refractivity contribution in [1.29, 1.82) is 0 Å². The van der Waals surface area contributed by atoms with Gasteiger partial charge in [-0.05, 0) is 43.8 Å². The van der Waals surface area contributed by atoms with Crippen LogP contribution in [0, 0.1) is 0 Å². The lowest BCUT2D eigenvalue weighted by molar-refractivity contribution is -0.149. The number of hydrogen-bond acceptors (Lipinski definition) is 6. The van der Waals surface area contributed by atoms with Gasteiger partial charge in [0.25, 0.3) is 0 Å². The fourth-order valence-corrected chi connectivity index (χ4v) is 4.09. The fourth-order valence-electron chi connectivity index (χ4n) is 3.62. The molecule has 5 N–H and O–H groups in total. The average molecular weight is 465 g/mol. The molecule has 32 heavy (non-hydrogen) atoms. The van der Waals surface area contributed by atoms with Crippen LogP contribution < -0.4 is 16.4 Å². The molecule has 176 valence electrons. The summed E-state index contributed by atoms with van der Waals surface area (Å²) >= 11 is 1.53. The zero-order valence-corrected chi connectivity index (χ0v) is 19.3. The second-order valence-corrected chi connectivity index (χ2v) is 8.90. The van der Waals surface area contributed by atoms with E-state index in [1.54, 1.807) is 0 Å². The number of benzene rings is 1. The number of thioether (sulfide) groups is 1. The van der Waals surface area contributed by atoms with E-state index in [0.717, 1.165) is 5.56 Å². The Bertz CT molecular complexity index is 805. The standard InChI is InChI=1S/C22H32N4O5S/c1-14(23)19(27)24-16(10-12-32-2)20(28)25-17(13-15-7-4-3-5-8-15)21(29)26-11-6-9-18(26)22(30)31/h3-5,7-8,14,16-18H,6,9-13,23H2,1-2H3,(H,24,27)(H,25,28)(H,30,31). The molecule has 1 aromatic rings. The first-order valence-corrected chi connectivity index (χ1v) is 12.1. The number of nitrogens with two attached hydrogens (primary N) is 1. The van der Waals surface area contributed by atoms with Gasteiger partial charge >= 0.3 is 5.97 Å². The molecule has 1 fully saturated rings. The van der Waals surface area contributed by atoms with E-state index in [1.165, 1.54) is 23.6 Å². The summed E-state index contributed by atoms with van der Waals surface area (Å²) < 4.78 is 0. The molecule has 3 amide bonds. The van der Waals surface area contributed by atoms with Gasteiger partial charge in [-0.25, -0.2) is 4.79 Å². The van der Waals surface area contributed by atoms with E-state index in [-0.39, 0.29) is 6.42 Å². The first kappa shape index (κ1) is 25.7. The van der Waals surface area contributed by atoms with Crippen molar-refractivity contribution in [3.8, 4) is 0 Å². The maximum absolute atomic E-state index is 13.3. The Kier molecular flexibility index (Phi) is 9.98. The molecule has 1 aromatic carbocycles. The van der Waals surface area contributed by atoms with Crippen LogP contribution in [0.25, 0.3) is 0 Å². The quantitative estimate of drug-likeness (QED) is 0.371. The second-order valence-electron chi connectivity index (χ2n) is 7.91. The average Bonchev–Trinajstić information content (AvgIpc) is 3.26. The maximum atomic E-state index is 13.3. The zero-order chi connectivity index (χ0) is 23.7. The van der Waals surface area contributed by atoms with Gasteiger partial charge in [0.2, 0.25) is 17.7 Å². The van der Waals surface area contributed by atoms with E-state index in [4.69, 9.17) is 5.73 Å². The normalized spacial score (nSPS) is 18.5. The minimum atomic E-state index is -1.05. The third-order valence-corrected chi connectivity index (χ3v) is 6.02. The Balaban J connectivity index is 2.23. The lowest BCUT2D eigenvalue weighted by Crippen LogP contribution is -2.57. The minimum Gasteiger partial charge on any atom is -0.480 e. The molecule has 0 aromatic heterocycles. The minimum absolute atomic E-state index is 0.213. The molecule has 0 radical (unpaired) electrons. The summed E-state index contributed by atoms with van der Waals surface area (Å²) in [5.41, 5.74) is 6.46. The number of likely N-dealkylation sites (tertiary alicyclic amines) is 1. The predicted octanol–water partition coefficient (Wildman–Crippen LogP) is 0.375. The van der Waals surface area contributed by atoms with Crippen molar-refractivity contribution in [2.24, 2.45) is 5.73 Å². The van der Waals surface area contributed by atoms with Crippen LogP contribution in [-0.2, 0) is 25.6 Å². The highest BCUT2D eigenvalue weighted by atomic mass is 32.2. The van der Waals surface area contributed by atoms with E-state index in [0.29, 0.717) is 31.6 Å². The van der Waals surface area contributed by atoms with Crippen LogP contribution >= 0.6 is 11.8 Å². The molecule has 9 nitrogen and oxygen atoms in total. The van der Waals surface area contributed by atoms with Gasteiger partial charge in [-0.3, -0.25) is 14.4 Å². The van der Waals surface area contributed by atoms with Gasteiger partial charge in [0.15, 0.2) is 0 Å². The zero-order valence-electron chi connectivity index (χ0n) is 18.5. The van der Waals surface area contributed by atoms with Crippen LogP contribution in [0.5, 0.6) is 0 Å². The lowest BCUT2D eigenvalue weighted by Gasteiger charge is -2.29. The molecular formula is C22H32N4O5S. The number of amides is 3. The molecule has 1 aliphatic heterocycles. The number of nitrogens with zero attached hydrogens (tertiary/aromatic N) is 1. The number of carbonyl (C=O) groups is 4. The van der Waals surface area contributed by atoms with E-state index < -0.39 is 47.9 Å². The monoisotopic (exact) mass is 464 g/mol. The molecule has 0 bridgehead atoms. The van der Waals surface area contributed by atoms with Crippen LogP contribution in [0.15, 0.2) is 30.3 Å². The Labute approximate surface area is 192 Å². The molecule has 4 unspecified atom stereocenters. The van der Waals surface area contributed by atoms with Crippen molar-refractivity contribution in [2.45, 2.75) is 56.8 Å². The Morgan fingerprint density at radius 3 is 2.41 bits per heavy atom. The molecule has 0 spiro atoms. The van der Waals surface area contributed by atoms with Gasteiger partial charge in [0.1, 0.15) is 18.1 Å². The Morgan fingerprint density at radius 2 is 1.81 bits per heavy atom. The highest BCUT2D eigenvalue weighted by Crippen LogP contribution is 2.20. The molecule has 0 aliphatic carbocycles. The predicted molar refractivity (Wildman–Crippen MR) is 123 cm³/mol. The third kappa shape index (κ3) is 7.23. The molecule has 2 rings (SSSR count). The topological polar surface area (TPSA) is 142 Å². The molecular weight excluding hydrogens is 432 g/mol. The summed E-state index contributed by atoms with van der Waals surface area (Å²) in [6.45, 7) is 1.86. The number of aliphatic carboxylic acids is 1. The van der Waals surface area contributed by atoms with E-state index in [1.807, 2.05) is 36.6 Å². The molecule has 1 saturated heterocycles. The molecule has 1 aliphatic rings. The van der Waals surface area contributed by atoms with Crippen LogP contribution in [-0.4, -0.2) is 76.4 Å². The smallest absolute Gasteiger partial charge is 0.326 e. The van der Waals surface area contributed by atoms with Crippen molar-refractivity contribution in [1.82, 2.24) is 15.5 Å². The van der Waals surface area contributed by atoms with Crippen LogP contribution in [0.1, 0.15) is 31.7 Å². The SMILES string of the molecule is CSCCC(NC(=O)C(C)N)C(=O)NC(Cc1ccccc1)C(=O)N1CCCC1C(=O)O. The highest BCUT2D eigenvalue weighted by molar-refractivity contribution is 7.98. The van der Waals surface area contributed by atoms with Gasteiger partial charge < -0.3 is 26.4 Å². The summed E-state index contributed by atoms with van der Waals surface area (Å²) in [7, 11) is 0. The summed E-state index contributed by atoms with van der Waals surface area (Å²) in [4.78, 5) is 51.4. The first-order valence-electron chi connectivity index (χ1n) is 10.7. The Hall–Kier alpha value is -2.59. The van der Waals surface area contributed by atoms with Gasteiger partial charge in [0, 0.05) is 13.0 Å². The lowest BCUT2D eigenvalue weighted by atomic mass is 10.0. The van der Waals surface area contributed by atoms with Crippen LogP contribution in [0.2, 0.25) is 0 Å². The van der Waals surface area contributed by atoms with Crippen molar-refractivity contribution in [3.63, 3.8) is 0 Å². The first-order chi connectivity index (χ1) is 15.2. The van der Waals surface area contributed by atoms with Crippen molar-refractivity contribution in [3.05, 3.63) is 35.9 Å². The molecule has 0 saturated carbocycles. The fraction of sp³-hybridized carbons (Fsp3) is 0.545. The number of rotatable bonds is 11. The van der Waals surface area contributed by atoms with Crippen LogP contribution in [0.3, 0.4) is 0 Å². The number of nitrogens with one attached hydrogen (secondary N) is 2. The highest BCUT2D eigenvalue weighted by Gasteiger charge is 2.38. The van der Waals surface area contributed by atoms with E-state index in [2.05, 4.69) is 10.6 Å². The van der Waals surface area contributed by atoms with Crippen molar-refractivity contribution < 1.29 is 24.3 Å². The third-order valence-electron chi connectivity index (χ3n) is 5.38. The number of carboxylic acids is 1. The van der Waals surface area contributed by atoms with Gasteiger partial charge in [-0.2, -0.15) is 11.8 Å². The van der Waals surface area contributed by atoms with Crippen LogP contribution in [0.4, 0.5) is 0 Å². The van der Waals surface area contributed by atoms with E-state index >= 15 is 0 Å². The van der Waals surface area contributed by atoms with E-state index in [9.17, 15) is 24.3 Å². The maximum Gasteiger partial charge on any atom is 0.326 e. The van der Waals surface area contributed by atoms with Gasteiger partial charge in [-0.1, -0.05) is 30.3 Å². The largest absolute Gasteiger partial charge is 0.480 e. The number of carbonyl (C=O) groups excluding carboxylic acids is 3. The number of hydrogen-bond donors (Lipinski definition) is 4. The summed E-state index contributed by atoms with van der Waals surface area (Å²) in [5.74, 6) is -1.81. The van der Waals surface area contributed by atoms with Gasteiger partial charge in [0.05, 0.1) is 6.04 Å². The van der Waals surface area contributed by atoms with Crippen molar-refractivity contribution >= 4 is 35.5 Å². The molecule has 10 heteroatoms. The molecule has 1 heterocycles. The second kappa shape index (κ2) is 12.4. The van der Waals surface area contributed by atoms with Crippen molar-refractivity contribution in [2.75, 3.05) is 18.6 Å². The molecule has 4 atom stereocenters. The summed E-state index contributed by atoms with van der Waals surface area (Å²) in [6, 6.07) is 5.72. The summed E-state index contributed by atoms with van der Waals surface area (Å²) in [6.07, 6.45) is 3.46. The van der Waals surface area contributed by atoms with Gasteiger partial charge in [-0.15, -0.1) is 0 Å².